The molecule has 0 fully saturated rings. The van der Waals surface area contributed by atoms with Gasteiger partial charge in [0.05, 0.1) is 23.8 Å². The maximum absolute atomic E-state index is 12.6. The highest BCUT2D eigenvalue weighted by molar-refractivity contribution is 6.42. The highest BCUT2D eigenvalue weighted by Crippen LogP contribution is 2.29. The Morgan fingerprint density at radius 2 is 1.65 bits per heavy atom. The Kier molecular flexibility index (Phi) is 9.78. The van der Waals surface area contributed by atoms with Crippen molar-refractivity contribution in [3.05, 3.63) is 81.8 Å². The number of carbonyl (C=O) groups excluding carboxylic acids is 2. The van der Waals surface area contributed by atoms with Crippen LogP contribution >= 0.6 is 23.2 Å². The van der Waals surface area contributed by atoms with E-state index in [-0.39, 0.29) is 12.2 Å². The molecule has 0 spiro atoms. The Bertz CT molecular complexity index is 1350. The first-order valence-corrected chi connectivity index (χ1v) is 11.8. The number of ether oxygens (including phenoxy) is 3. The predicted molar refractivity (Wildman–Crippen MR) is 143 cm³/mol. The number of carbonyl (C=O) groups is 2. The molecule has 0 radical (unpaired) electrons. The van der Waals surface area contributed by atoms with Gasteiger partial charge in [-0.2, -0.15) is 5.26 Å². The van der Waals surface area contributed by atoms with Gasteiger partial charge in [-0.1, -0.05) is 29.3 Å². The van der Waals surface area contributed by atoms with E-state index < -0.39 is 11.8 Å². The van der Waals surface area contributed by atoms with Crippen LogP contribution in [0.5, 0.6) is 17.2 Å². The number of anilines is 2. The second-order valence-electron chi connectivity index (χ2n) is 7.46. The van der Waals surface area contributed by atoms with Crippen molar-refractivity contribution in [1.82, 2.24) is 0 Å². The highest BCUT2D eigenvalue weighted by atomic mass is 35.5. The number of amides is 2. The van der Waals surface area contributed by atoms with E-state index in [0.29, 0.717) is 50.8 Å². The molecule has 0 atom stereocenters. The summed E-state index contributed by atoms with van der Waals surface area (Å²) in [5.41, 5.74) is 1.42. The number of rotatable bonds is 10. The topological polar surface area (TPSA) is 110 Å². The lowest BCUT2D eigenvalue weighted by Crippen LogP contribution is -2.20. The highest BCUT2D eigenvalue weighted by Gasteiger charge is 2.13. The van der Waals surface area contributed by atoms with Crippen molar-refractivity contribution in [2.75, 3.05) is 31.0 Å². The van der Waals surface area contributed by atoms with Crippen LogP contribution in [0.1, 0.15) is 12.5 Å². The normalized spacial score (nSPS) is 10.7. The van der Waals surface area contributed by atoms with Crippen LogP contribution in [0.25, 0.3) is 6.08 Å². The molecule has 0 heterocycles. The van der Waals surface area contributed by atoms with Crippen molar-refractivity contribution < 1.29 is 23.8 Å². The number of nitrogens with one attached hydrogen (secondary N) is 2. The molecule has 3 aromatic carbocycles. The Labute approximate surface area is 224 Å². The molecule has 0 aliphatic carbocycles. The van der Waals surface area contributed by atoms with Crippen LogP contribution in [0.3, 0.4) is 0 Å². The number of halogens is 2. The van der Waals surface area contributed by atoms with E-state index in [2.05, 4.69) is 10.6 Å². The lowest BCUT2D eigenvalue weighted by molar-refractivity contribution is -0.118. The number of nitrogens with zero attached hydrogens (tertiary/aromatic N) is 1. The van der Waals surface area contributed by atoms with Gasteiger partial charge in [0.1, 0.15) is 17.4 Å². The van der Waals surface area contributed by atoms with E-state index in [4.69, 9.17) is 37.4 Å². The average molecular weight is 540 g/mol. The van der Waals surface area contributed by atoms with Crippen molar-refractivity contribution in [3.63, 3.8) is 0 Å². The minimum Gasteiger partial charge on any atom is -0.494 e. The van der Waals surface area contributed by atoms with Crippen molar-refractivity contribution >= 4 is 52.5 Å². The van der Waals surface area contributed by atoms with Crippen LogP contribution in [0, 0.1) is 11.3 Å². The zero-order valence-corrected chi connectivity index (χ0v) is 21.5. The largest absolute Gasteiger partial charge is 0.494 e. The van der Waals surface area contributed by atoms with E-state index in [1.165, 1.54) is 19.3 Å². The van der Waals surface area contributed by atoms with E-state index in [1.54, 1.807) is 54.6 Å². The van der Waals surface area contributed by atoms with Gasteiger partial charge >= 0.3 is 0 Å². The third kappa shape index (κ3) is 7.90. The summed E-state index contributed by atoms with van der Waals surface area (Å²) in [5.74, 6) is 0.325. The molecule has 37 heavy (non-hydrogen) atoms. The zero-order chi connectivity index (χ0) is 26.8. The molecule has 2 N–H and O–H groups in total. The van der Waals surface area contributed by atoms with Crippen LogP contribution in [0.15, 0.2) is 66.2 Å². The molecule has 0 aliphatic heterocycles. The van der Waals surface area contributed by atoms with Crippen molar-refractivity contribution in [3.8, 4) is 23.3 Å². The Morgan fingerprint density at radius 1 is 0.919 bits per heavy atom. The van der Waals surface area contributed by atoms with Gasteiger partial charge in [0.2, 0.25) is 0 Å². The molecule has 2 amide bonds. The van der Waals surface area contributed by atoms with E-state index in [0.717, 1.165) is 0 Å². The number of nitriles is 1. The second-order valence-corrected chi connectivity index (χ2v) is 8.27. The molecule has 3 rings (SSSR count). The van der Waals surface area contributed by atoms with Crippen LogP contribution in [0.4, 0.5) is 11.4 Å². The molecule has 0 unspecified atom stereocenters. The van der Waals surface area contributed by atoms with Gasteiger partial charge in [0.15, 0.2) is 18.1 Å². The molecule has 190 valence electrons. The fourth-order valence-corrected chi connectivity index (χ4v) is 3.42. The second kappa shape index (κ2) is 13.2. The van der Waals surface area contributed by atoms with Crippen LogP contribution in [-0.4, -0.2) is 32.1 Å². The van der Waals surface area contributed by atoms with Gasteiger partial charge in [0, 0.05) is 11.4 Å². The van der Waals surface area contributed by atoms with Gasteiger partial charge in [-0.3, -0.25) is 9.59 Å². The van der Waals surface area contributed by atoms with E-state index in [1.807, 2.05) is 13.0 Å². The number of hydrogen-bond donors (Lipinski definition) is 2. The van der Waals surface area contributed by atoms with Gasteiger partial charge in [-0.15, -0.1) is 0 Å². The smallest absolute Gasteiger partial charge is 0.266 e. The van der Waals surface area contributed by atoms with E-state index in [9.17, 15) is 14.9 Å². The number of methoxy groups -OCH3 is 1. The van der Waals surface area contributed by atoms with Gasteiger partial charge in [0.25, 0.3) is 11.8 Å². The summed E-state index contributed by atoms with van der Waals surface area (Å²) >= 11 is 11.8. The van der Waals surface area contributed by atoms with Crippen LogP contribution in [0.2, 0.25) is 10.0 Å². The summed E-state index contributed by atoms with van der Waals surface area (Å²) in [6, 6.07) is 18.3. The maximum Gasteiger partial charge on any atom is 0.266 e. The number of hydrogen-bond acceptors (Lipinski definition) is 6. The van der Waals surface area contributed by atoms with Gasteiger partial charge in [-0.05, 0) is 73.2 Å². The zero-order valence-electron chi connectivity index (χ0n) is 20.0. The monoisotopic (exact) mass is 539 g/mol. The fraction of sp³-hybridized carbons (Fsp3) is 0.148. The summed E-state index contributed by atoms with van der Waals surface area (Å²) in [6.45, 7) is 2.12. The first kappa shape index (κ1) is 27.4. The third-order valence-electron chi connectivity index (χ3n) is 4.85. The molecular weight excluding hydrogens is 517 g/mol. The molecule has 0 aliphatic rings. The molecule has 8 nitrogen and oxygen atoms in total. The molecule has 0 saturated carbocycles. The summed E-state index contributed by atoms with van der Waals surface area (Å²) in [5, 5.41) is 15.5. The van der Waals surface area contributed by atoms with Crippen molar-refractivity contribution in [2.24, 2.45) is 0 Å². The maximum atomic E-state index is 12.6. The summed E-state index contributed by atoms with van der Waals surface area (Å²) < 4.78 is 16.3. The van der Waals surface area contributed by atoms with Crippen LogP contribution < -0.4 is 24.8 Å². The van der Waals surface area contributed by atoms with Gasteiger partial charge < -0.3 is 24.8 Å². The SMILES string of the molecule is CCOc1ccc(NC(=O)/C(C#N)=C/c2ccc(OCC(=O)Nc3ccc(Cl)c(Cl)c3)c(OC)c2)cc1. The average Bonchev–Trinajstić information content (AvgIpc) is 2.89. The molecule has 0 aromatic heterocycles. The Morgan fingerprint density at radius 3 is 2.30 bits per heavy atom. The Balaban J connectivity index is 1.65. The molecule has 0 saturated heterocycles. The molecule has 0 bridgehead atoms. The first-order valence-electron chi connectivity index (χ1n) is 11.0. The van der Waals surface area contributed by atoms with E-state index >= 15 is 0 Å². The predicted octanol–water partition coefficient (Wildman–Crippen LogP) is 5.96. The minimum absolute atomic E-state index is 0.106. The number of benzene rings is 3. The van der Waals surface area contributed by atoms with Crippen LogP contribution in [-0.2, 0) is 9.59 Å². The fourth-order valence-electron chi connectivity index (χ4n) is 3.12. The third-order valence-corrected chi connectivity index (χ3v) is 5.59. The molecular formula is C27H23Cl2N3O5. The minimum atomic E-state index is -0.565. The first-order chi connectivity index (χ1) is 17.8. The van der Waals surface area contributed by atoms with Crippen molar-refractivity contribution in [2.45, 2.75) is 6.92 Å². The lowest BCUT2D eigenvalue weighted by atomic mass is 10.1. The van der Waals surface area contributed by atoms with Crippen molar-refractivity contribution in [1.29, 1.82) is 5.26 Å². The summed E-state index contributed by atoms with van der Waals surface area (Å²) in [7, 11) is 1.44. The summed E-state index contributed by atoms with van der Waals surface area (Å²) in [6.07, 6.45) is 1.42. The standard InChI is InChI=1S/C27H23Cl2N3O5/c1-3-36-21-8-5-19(6-9-21)32-27(34)18(15-30)12-17-4-11-24(25(13-17)35-2)37-16-26(33)31-20-7-10-22(28)23(29)14-20/h4-14H,3,16H2,1-2H3,(H,31,33)(H,32,34)/b18-12+. The summed E-state index contributed by atoms with van der Waals surface area (Å²) in [4.78, 5) is 24.9. The van der Waals surface area contributed by atoms with Gasteiger partial charge in [-0.25, -0.2) is 0 Å². The lowest BCUT2D eigenvalue weighted by Gasteiger charge is -2.12. The Hall–Kier alpha value is -4.19. The molecule has 3 aromatic rings. The quantitative estimate of drug-likeness (QED) is 0.243. The molecule has 10 heteroatoms.